The van der Waals surface area contributed by atoms with Crippen LogP contribution in [0, 0.1) is 11.8 Å². The van der Waals surface area contributed by atoms with E-state index in [2.05, 4.69) is 15.5 Å². The highest BCUT2D eigenvalue weighted by Crippen LogP contribution is 2.26. The number of pyridine rings is 1. The van der Waals surface area contributed by atoms with E-state index in [1.54, 1.807) is 16.0 Å². The summed E-state index contributed by atoms with van der Waals surface area (Å²) < 4.78 is 29.1. The lowest BCUT2D eigenvalue weighted by molar-refractivity contribution is -0.128. The Hall–Kier alpha value is -4.85. The normalized spacial score (nSPS) is 16.1. The number of aromatic nitrogens is 1. The number of fused-ring (bicyclic) bond motifs is 1. The Morgan fingerprint density at radius 1 is 0.981 bits per heavy atom. The van der Waals surface area contributed by atoms with Crippen LogP contribution in [0.2, 0.25) is 0 Å². The van der Waals surface area contributed by atoms with Crippen LogP contribution in [0.15, 0.2) is 101 Å². The average Bonchev–Trinajstić information content (AvgIpc) is 3.50. The van der Waals surface area contributed by atoms with Gasteiger partial charge >= 0.3 is 6.03 Å². The van der Waals surface area contributed by atoms with E-state index in [0.29, 0.717) is 31.6 Å². The number of aliphatic hydroxyl groups excluding tert-OH is 1. The molecule has 3 N–H and O–H groups in total. The van der Waals surface area contributed by atoms with Crippen LogP contribution in [0.5, 0.6) is 0 Å². The van der Waals surface area contributed by atoms with E-state index in [1.807, 2.05) is 88.4 Å². The molecule has 282 valence electrons. The van der Waals surface area contributed by atoms with E-state index in [9.17, 15) is 23.1 Å². The molecule has 4 atom stereocenters. The van der Waals surface area contributed by atoms with Gasteiger partial charge in [0.05, 0.1) is 28.8 Å². The fourth-order valence-corrected chi connectivity index (χ4v) is 8.43. The first-order valence-electron chi connectivity index (χ1n) is 18.1. The number of amides is 3. The molecule has 4 aromatic rings. The quantitative estimate of drug-likeness (QED) is 0.0770. The second-order valence-corrected chi connectivity index (χ2v) is 16.1. The van der Waals surface area contributed by atoms with Gasteiger partial charge in [0.25, 0.3) is 0 Å². The number of hydrogen-bond donors (Lipinski definition) is 3. The van der Waals surface area contributed by atoms with Gasteiger partial charge in [-0.05, 0) is 59.2 Å². The van der Waals surface area contributed by atoms with Gasteiger partial charge in [0.15, 0.2) is 0 Å². The summed E-state index contributed by atoms with van der Waals surface area (Å²) in [6, 6.07) is 23.1. The minimum absolute atomic E-state index is 0.0257. The van der Waals surface area contributed by atoms with Crippen LogP contribution in [-0.4, -0.2) is 100 Å². The first-order chi connectivity index (χ1) is 25.4. The minimum Gasteiger partial charge on any atom is -0.411 e. The van der Waals surface area contributed by atoms with Crippen molar-refractivity contribution in [2.75, 3.05) is 26.2 Å². The van der Waals surface area contributed by atoms with Gasteiger partial charge in [-0.15, -0.1) is 0 Å². The number of hydrogen-bond acceptors (Lipinski definition) is 8. The van der Waals surface area contributed by atoms with E-state index < -0.39 is 34.1 Å². The van der Waals surface area contributed by atoms with Crippen LogP contribution < -0.4 is 5.32 Å². The molecule has 0 spiro atoms. The Morgan fingerprint density at radius 2 is 1.68 bits per heavy atom. The minimum atomic E-state index is -4.07. The fraction of sp³-hybridized carbons (Fsp3) is 0.400. The highest BCUT2D eigenvalue weighted by molar-refractivity contribution is 7.89. The number of aliphatic hydroxyl groups is 1. The number of para-hydroxylation sites is 1. The highest BCUT2D eigenvalue weighted by Gasteiger charge is 2.41. The van der Waals surface area contributed by atoms with E-state index in [1.165, 1.54) is 34.8 Å². The van der Waals surface area contributed by atoms with Gasteiger partial charge in [-0.2, -0.15) is 4.31 Å². The van der Waals surface area contributed by atoms with Crippen LogP contribution in [0.25, 0.3) is 10.9 Å². The van der Waals surface area contributed by atoms with E-state index in [4.69, 9.17) is 5.21 Å². The maximum atomic E-state index is 14.4. The van der Waals surface area contributed by atoms with Gasteiger partial charge in [0.1, 0.15) is 6.04 Å². The summed E-state index contributed by atoms with van der Waals surface area (Å²) in [5, 5.41) is 27.8. The third-order valence-corrected chi connectivity index (χ3v) is 11.6. The standard InChI is InChI=1S/C40H50N6O6S/c1-5-29(4)38(46-22-21-44(40(46)49)26-32-19-20-41-35-14-10-9-13-34(32)35)39(48)43-36(23-30-11-7-6-8-12-30)37(47)27-45(25-28(2)3)53(51,52)33-17-15-31(16-18-33)24-42-50/h6-20,24,28-29,36-38,47,50H,5,21-23,25-27H2,1-4H3,(H,43,48)/t29-,36-,37-,38-/m0/s1. The molecule has 0 unspecified atom stereocenters. The number of urea groups is 1. The van der Waals surface area contributed by atoms with Gasteiger partial charge in [-0.1, -0.05) is 99.9 Å². The molecule has 0 aliphatic carbocycles. The Labute approximate surface area is 312 Å². The molecule has 1 aliphatic rings. The number of sulfonamides is 1. The van der Waals surface area contributed by atoms with Crippen molar-refractivity contribution in [1.82, 2.24) is 24.4 Å². The first kappa shape index (κ1) is 39.4. The number of nitrogens with one attached hydrogen (secondary N) is 1. The van der Waals surface area contributed by atoms with Gasteiger partial charge in [0, 0.05) is 44.3 Å². The molecule has 3 aromatic carbocycles. The third kappa shape index (κ3) is 9.58. The van der Waals surface area contributed by atoms with Gasteiger partial charge in [-0.25, -0.2) is 13.2 Å². The molecule has 12 nitrogen and oxygen atoms in total. The molecule has 3 amide bonds. The topological polar surface area (TPSA) is 156 Å². The molecule has 1 fully saturated rings. The second kappa shape index (κ2) is 17.8. The van der Waals surface area contributed by atoms with Crippen LogP contribution in [0.3, 0.4) is 0 Å². The van der Waals surface area contributed by atoms with Crippen molar-refractivity contribution in [2.24, 2.45) is 17.0 Å². The Kier molecular flexibility index (Phi) is 13.2. The van der Waals surface area contributed by atoms with Crippen LogP contribution in [0.4, 0.5) is 4.79 Å². The molecule has 1 aromatic heterocycles. The SMILES string of the molecule is CC[C@H](C)[C@@H](C(=O)N[C@@H](Cc1ccccc1)[C@@H](O)CN(CC(C)C)S(=O)(=O)c1ccc(C=NO)cc1)N1CCN(Cc2ccnc3ccccc23)C1=O. The van der Waals surface area contributed by atoms with E-state index in [0.717, 1.165) is 22.0 Å². The maximum Gasteiger partial charge on any atom is 0.321 e. The lowest BCUT2D eigenvalue weighted by Crippen LogP contribution is -2.57. The molecule has 2 heterocycles. The number of benzene rings is 3. The molecule has 0 radical (unpaired) electrons. The number of rotatable bonds is 17. The zero-order chi connectivity index (χ0) is 38.1. The molecule has 0 bridgehead atoms. The first-order valence-corrected chi connectivity index (χ1v) is 19.5. The molecular formula is C40H50N6O6S. The molecule has 0 saturated carbocycles. The summed E-state index contributed by atoms with van der Waals surface area (Å²) in [7, 11) is -4.07. The molecule has 53 heavy (non-hydrogen) atoms. The van der Waals surface area contributed by atoms with Crippen LogP contribution in [-0.2, 0) is 27.8 Å². The van der Waals surface area contributed by atoms with Crippen molar-refractivity contribution >= 4 is 39.1 Å². The van der Waals surface area contributed by atoms with Crippen molar-refractivity contribution in [3.05, 3.63) is 108 Å². The average molecular weight is 743 g/mol. The number of carbonyl (C=O) groups is 2. The van der Waals surface area contributed by atoms with Gasteiger partial charge in [0.2, 0.25) is 15.9 Å². The third-order valence-electron chi connectivity index (χ3n) is 9.79. The van der Waals surface area contributed by atoms with E-state index >= 15 is 0 Å². The van der Waals surface area contributed by atoms with Crippen molar-refractivity contribution in [3.63, 3.8) is 0 Å². The second-order valence-electron chi connectivity index (χ2n) is 14.1. The Bertz CT molecular complexity index is 1970. The maximum absolute atomic E-state index is 14.4. The largest absolute Gasteiger partial charge is 0.411 e. The lowest BCUT2D eigenvalue weighted by Gasteiger charge is -2.35. The summed E-state index contributed by atoms with van der Waals surface area (Å²) in [5.41, 5.74) is 3.19. The molecule has 13 heteroatoms. The number of nitrogens with zero attached hydrogens (tertiary/aromatic N) is 5. The monoisotopic (exact) mass is 742 g/mol. The van der Waals surface area contributed by atoms with Crippen molar-refractivity contribution < 1.29 is 28.3 Å². The van der Waals surface area contributed by atoms with Crippen molar-refractivity contribution in [3.8, 4) is 0 Å². The molecule has 5 rings (SSSR count). The predicted molar refractivity (Wildman–Crippen MR) is 205 cm³/mol. The summed E-state index contributed by atoms with van der Waals surface area (Å²) in [6.07, 6.45) is 2.51. The zero-order valence-corrected chi connectivity index (χ0v) is 31.6. The Morgan fingerprint density at radius 3 is 2.36 bits per heavy atom. The predicted octanol–water partition coefficient (Wildman–Crippen LogP) is 5.13. The van der Waals surface area contributed by atoms with Crippen molar-refractivity contribution in [2.45, 2.75) is 70.2 Å². The van der Waals surface area contributed by atoms with Gasteiger partial charge in [-0.3, -0.25) is 9.78 Å². The van der Waals surface area contributed by atoms with Crippen LogP contribution >= 0.6 is 0 Å². The highest BCUT2D eigenvalue weighted by atomic mass is 32.2. The molecule has 1 saturated heterocycles. The lowest BCUT2D eigenvalue weighted by atomic mass is 9.95. The zero-order valence-electron chi connectivity index (χ0n) is 30.7. The number of oxime groups is 1. The summed E-state index contributed by atoms with van der Waals surface area (Å²) >= 11 is 0. The summed E-state index contributed by atoms with van der Waals surface area (Å²) in [5.74, 6) is -0.667. The van der Waals surface area contributed by atoms with Gasteiger partial charge < -0.3 is 25.4 Å². The van der Waals surface area contributed by atoms with Crippen LogP contribution in [0.1, 0.15) is 50.8 Å². The fourth-order valence-electron chi connectivity index (χ4n) is 6.81. The summed E-state index contributed by atoms with van der Waals surface area (Å²) in [6.45, 7) is 8.73. The van der Waals surface area contributed by atoms with Crippen molar-refractivity contribution in [1.29, 1.82) is 0 Å². The smallest absolute Gasteiger partial charge is 0.321 e. The van der Waals surface area contributed by atoms with E-state index in [-0.39, 0.29) is 42.3 Å². The summed E-state index contributed by atoms with van der Waals surface area (Å²) in [4.78, 5) is 36.2. The number of carbonyl (C=O) groups excluding carboxylic acids is 2. The molecule has 1 aliphatic heterocycles. The Balaban J connectivity index is 1.39. The molecular weight excluding hydrogens is 693 g/mol.